The summed E-state index contributed by atoms with van der Waals surface area (Å²) < 4.78 is 2.12. The van der Waals surface area contributed by atoms with E-state index in [0.29, 0.717) is 0 Å². The van der Waals surface area contributed by atoms with Crippen molar-refractivity contribution >= 4 is 0 Å². The number of benzene rings is 2. The van der Waals surface area contributed by atoms with Crippen LogP contribution in [0.2, 0.25) is 0 Å². The lowest BCUT2D eigenvalue weighted by Crippen LogP contribution is -2.10. The molecule has 0 bridgehead atoms. The first-order chi connectivity index (χ1) is 10.9. The Labute approximate surface area is 137 Å². The van der Waals surface area contributed by atoms with Crippen LogP contribution in [0.4, 0.5) is 0 Å². The van der Waals surface area contributed by atoms with Gasteiger partial charge in [0.2, 0.25) is 0 Å². The van der Waals surface area contributed by atoms with Gasteiger partial charge in [0.05, 0.1) is 0 Å². The topological polar surface area (TPSA) is 38.0 Å². The molecule has 1 N–H and O–H groups in total. The van der Waals surface area contributed by atoms with E-state index in [-0.39, 0.29) is 11.2 Å². The largest absolute Gasteiger partial charge is 0.508 e. The molecule has 0 aliphatic rings. The number of nitrogens with zero attached hydrogens (tertiary/aromatic N) is 2. The summed E-state index contributed by atoms with van der Waals surface area (Å²) in [6, 6.07) is 15.9. The van der Waals surface area contributed by atoms with E-state index in [1.807, 2.05) is 24.5 Å². The third-order valence-electron chi connectivity index (χ3n) is 4.01. The fourth-order valence-corrected chi connectivity index (χ4v) is 2.61. The van der Waals surface area contributed by atoms with Crippen molar-refractivity contribution in [2.45, 2.75) is 32.7 Å². The van der Waals surface area contributed by atoms with Crippen LogP contribution in [0.3, 0.4) is 0 Å². The van der Waals surface area contributed by atoms with E-state index in [4.69, 9.17) is 0 Å². The van der Waals surface area contributed by atoms with Gasteiger partial charge in [-0.05, 0) is 28.7 Å². The fraction of sp³-hybridized carbons (Fsp3) is 0.250. The quantitative estimate of drug-likeness (QED) is 0.768. The molecular weight excluding hydrogens is 284 g/mol. The van der Waals surface area contributed by atoms with Gasteiger partial charge in [0.1, 0.15) is 11.6 Å². The Morgan fingerprint density at radius 1 is 0.957 bits per heavy atom. The number of aromatic hydroxyl groups is 1. The molecule has 3 aromatic rings. The molecule has 0 fully saturated rings. The van der Waals surface area contributed by atoms with Crippen molar-refractivity contribution in [1.82, 2.24) is 9.55 Å². The van der Waals surface area contributed by atoms with E-state index in [2.05, 4.69) is 54.6 Å². The third kappa shape index (κ3) is 3.45. The average molecular weight is 306 g/mol. The Balaban J connectivity index is 1.87. The predicted molar refractivity (Wildman–Crippen MR) is 93.6 cm³/mol. The van der Waals surface area contributed by atoms with E-state index >= 15 is 0 Å². The van der Waals surface area contributed by atoms with Crippen molar-refractivity contribution in [2.75, 3.05) is 0 Å². The highest BCUT2D eigenvalue weighted by molar-refractivity contribution is 5.56. The summed E-state index contributed by atoms with van der Waals surface area (Å²) in [5.74, 6) is 1.25. The molecule has 0 radical (unpaired) electrons. The standard InChI is InChI=1S/C20H22N2O/c1-20(2,3)17-8-6-16(7-9-17)19-21-12-13-22(19)14-15-4-10-18(23)11-5-15/h4-13,23H,14H2,1-3H3. The molecule has 3 rings (SSSR count). The Hall–Kier alpha value is -2.55. The minimum Gasteiger partial charge on any atom is -0.508 e. The lowest BCUT2D eigenvalue weighted by molar-refractivity contribution is 0.475. The Morgan fingerprint density at radius 3 is 2.22 bits per heavy atom. The molecule has 2 aromatic carbocycles. The second-order valence-corrected chi connectivity index (χ2v) is 6.87. The van der Waals surface area contributed by atoms with Gasteiger partial charge in [-0.25, -0.2) is 4.98 Å². The highest BCUT2D eigenvalue weighted by Crippen LogP contribution is 2.26. The van der Waals surface area contributed by atoms with Crippen LogP contribution in [0.5, 0.6) is 5.75 Å². The van der Waals surface area contributed by atoms with Gasteiger partial charge in [0, 0.05) is 24.5 Å². The molecule has 1 aromatic heterocycles. The maximum absolute atomic E-state index is 9.39. The van der Waals surface area contributed by atoms with Gasteiger partial charge in [-0.15, -0.1) is 0 Å². The van der Waals surface area contributed by atoms with Crippen LogP contribution in [0, 0.1) is 0 Å². The van der Waals surface area contributed by atoms with E-state index in [0.717, 1.165) is 23.5 Å². The van der Waals surface area contributed by atoms with Gasteiger partial charge < -0.3 is 9.67 Å². The molecule has 0 saturated carbocycles. The van der Waals surface area contributed by atoms with Crippen molar-refractivity contribution in [3.63, 3.8) is 0 Å². The predicted octanol–water partition coefficient (Wildman–Crippen LogP) is 4.60. The van der Waals surface area contributed by atoms with Gasteiger partial charge in [-0.2, -0.15) is 0 Å². The summed E-state index contributed by atoms with van der Waals surface area (Å²) >= 11 is 0. The zero-order chi connectivity index (χ0) is 16.4. The maximum Gasteiger partial charge on any atom is 0.140 e. The molecule has 3 nitrogen and oxygen atoms in total. The Kier molecular flexibility index (Phi) is 3.95. The number of hydrogen-bond acceptors (Lipinski definition) is 2. The molecule has 0 atom stereocenters. The molecule has 3 heteroatoms. The number of rotatable bonds is 3. The minimum absolute atomic E-state index is 0.153. The number of hydrogen-bond donors (Lipinski definition) is 1. The number of imidazole rings is 1. The lowest BCUT2D eigenvalue weighted by atomic mass is 9.87. The lowest BCUT2D eigenvalue weighted by Gasteiger charge is -2.19. The van der Waals surface area contributed by atoms with Gasteiger partial charge in [-0.3, -0.25) is 0 Å². The smallest absolute Gasteiger partial charge is 0.140 e. The van der Waals surface area contributed by atoms with Gasteiger partial charge in [-0.1, -0.05) is 57.2 Å². The minimum atomic E-state index is 0.153. The maximum atomic E-state index is 9.39. The number of phenolic OH excluding ortho intramolecular Hbond substituents is 1. The second-order valence-electron chi connectivity index (χ2n) is 6.87. The van der Waals surface area contributed by atoms with E-state index < -0.39 is 0 Å². The van der Waals surface area contributed by atoms with Crippen LogP contribution in [0.15, 0.2) is 60.9 Å². The summed E-state index contributed by atoms with van der Waals surface area (Å²) in [5.41, 5.74) is 3.72. The van der Waals surface area contributed by atoms with E-state index in [1.165, 1.54) is 5.56 Å². The summed E-state index contributed by atoms with van der Waals surface area (Å²) in [5, 5.41) is 9.39. The molecule has 0 aliphatic heterocycles. The second kappa shape index (κ2) is 5.92. The molecule has 0 amide bonds. The highest BCUT2D eigenvalue weighted by Gasteiger charge is 2.14. The van der Waals surface area contributed by atoms with Gasteiger partial charge in [0.15, 0.2) is 0 Å². The first-order valence-electron chi connectivity index (χ1n) is 7.83. The van der Waals surface area contributed by atoms with Crippen LogP contribution < -0.4 is 0 Å². The van der Waals surface area contributed by atoms with Crippen LogP contribution in [-0.4, -0.2) is 14.7 Å². The summed E-state index contributed by atoms with van der Waals surface area (Å²) in [7, 11) is 0. The molecule has 0 saturated heterocycles. The van der Waals surface area contributed by atoms with Crippen LogP contribution in [-0.2, 0) is 12.0 Å². The monoisotopic (exact) mass is 306 g/mol. The zero-order valence-electron chi connectivity index (χ0n) is 13.8. The normalized spacial score (nSPS) is 11.6. The first kappa shape index (κ1) is 15.3. The van der Waals surface area contributed by atoms with Crippen LogP contribution in [0.1, 0.15) is 31.9 Å². The molecule has 118 valence electrons. The number of phenols is 1. The van der Waals surface area contributed by atoms with E-state index in [9.17, 15) is 5.11 Å². The summed E-state index contributed by atoms with van der Waals surface area (Å²) in [4.78, 5) is 4.51. The molecule has 0 spiro atoms. The molecule has 23 heavy (non-hydrogen) atoms. The third-order valence-corrected chi connectivity index (χ3v) is 4.01. The Bertz CT molecular complexity index is 778. The van der Waals surface area contributed by atoms with Gasteiger partial charge in [0.25, 0.3) is 0 Å². The molecule has 1 heterocycles. The zero-order valence-corrected chi connectivity index (χ0v) is 13.8. The first-order valence-corrected chi connectivity index (χ1v) is 7.83. The van der Waals surface area contributed by atoms with Crippen molar-refractivity contribution < 1.29 is 5.11 Å². The Morgan fingerprint density at radius 2 is 1.61 bits per heavy atom. The summed E-state index contributed by atoms with van der Waals surface area (Å²) in [6.07, 6.45) is 3.81. The molecule has 0 unspecified atom stereocenters. The highest BCUT2D eigenvalue weighted by atomic mass is 16.3. The van der Waals surface area contributed by atoms with E-state index in [1.54, 1.807) is 12.1 Å². The number of aromatic nitrogens is 2. The fourth-order valence-electron chi connectivity index (χ4n) is 2.61. The SMILES string of the molecule is CC(C)(C)c1ccc(-c2nccn2Cc2ccc(O)cc2)cc1. The van der Waals surface area contributed by atoms with Crippen molar-refractivity contribution in [3.05, 3.63) is 72.1 Å². The van der Waals surface area contributed by atoms with Gasteiger partial charge >= 0.3 is 0 Å². The average Bonchev–Trinajstić information content (AvgIpc) is 2.97. The van der Waals surface area contributed by atoms with Crippen LogP contribution >= 0.6 is 0 Å². The molecule has 0 aliphatic carbocycles. The van der Waals surface area contributed by atoms with Crippen LogP contribution in [0.25, 0.3) is 11.4 Å². The summed E-state index contributed by atoms with van der Waals surface area (Å²) in [6.45, 7) is 7.38. The molecular formula is C20H22N2O. The van der Waals surface area contributed by atoms with Crippen molar-refractivity contribution in [2.24, 2.45) is 0 Å². The van der Waals surface area contributed by atoms with Crippen molar-refractivity contribution in [3.8, 4) is 17.1 Å². The van der Waals surface area contributed by atoms with Crippen molar-refractivity contribution in [1.29, 1.82) is 0 Å².